The van der Waals surface area contributed by atoms with E-state index in [4.69, 9.17) is 0 Å². The molecule has 2 heterocycles. The second-order valence-corrected chi connectivity index (χ2v) is 5.82. The number of nitrogens with zero attached hydrogens (tertiary/aromatic N) is 3. The molecule has 0 aliphatic rings. The Morgan fingerprint density at radius 1 is 1.23 bits per heavy atom. The van der Waals surface area contributed by atoms with Crippen LogP contribution < -0.4 is 16.2 Å². The van der Waals surface area contributed by atoms with Gasteiger partial charge in [-0.15, -0.1) is 0 Å². The Morgan fingerprint density at radius 2 is 2.12 bits per heavy atom. The van der Waals surface area contributed by atoms with Crippen LogP contribution in [-0.4, -0.2) is 38.7 Å². The van der Waals surface area contributed by atoms with Gasteiger partial charge in [-0.25, -0.2) is 4.98 Å². The van der Waals surface area contributed by atoms with Gasteiger partial charge in [-0.05, 0) is 30.7 Å². The molecular weight excluding hydrogens is 332 g/mol. The van der Waals surface area contributed by atoms with Gasteiger partial charge < -0.3 is 10.6 Å². The Bertz CT molecular complexity index is 933. The molecule has 0 radical (unpaired) electrons. The molecule has 0 saturated heterocycles. The van der Waals surface area contributed by atoms with Crippen LogP contribution in [0.4, 0.5) is 5.95 Å². The minimum absolute atomic E-state index is 0.153. The minimum atomic E-state index is -0.210. The summed E-state index contributed by atoms with van der Waals surface area (Å²) >= 11 is 0. The highest BCUT2D eigenvalue weighted by Crippen LogP contribution is 2.07. The first-order chi connectivity index (χ1) is 12.6. The van der Waals surface area contributed by atoms with Crippen molar-refractivity contribution in [3.63, 3.8) is 0 Å². The van der Waals surface area contributed by atoms with Crippen molar-refractivity contribution in [2.45, 2.75) is 13.5 Å². The molecule has 0 saturated carbocycles. The van der Waals surface area contributed by atoms with Crippen molar-refractivity contribution in [3.05, 3.63) is 76.0 Å². The average molecular weight is 352 g/mol. The molecule has 3 rings (SSSR count). The third kappa shape index (κ3) is 4.79. The number of benzene rings is 1. The number of H-pyrrole nitrogens is 1. The number of carbonyl (C=O) groups is 1. The van der Waals surface area contributed by atoms with E-state index in [0.717, 1.165) is 5.56 Å². The molecule has 26 heavy (non-hydrogen) atoms. The van der Waals surface area contributed by atoms with E-state index < -0.39 is 0 Å². The quantitative estimate of drug-likeness (QED) is 0.554. The second kappa shape index (κ2) is 8.11. The maximum atomic E-state index is 12.3. The number of aromatic amines is 1. The Morgan fingerprint density at radius 3 is 2.88 bits per heavy atom. The molecule has 0 bridgehead atoms. The van der Waals surface area contributed by atoms with Crippen molar-refractivity contribution in [2.75, 3.05) is 18.4 Å². The van der Waals surface area contributed by atoms with Crippen molar-refractivity contribution in [1.29, 1.82) is 0 Å². The summed E-state index contributed by atoms with van der Waals surface area (Å²) in [5, 5.41) is 9.99. The molecule has 134 valence electrons. The summed E-state index contributed by atoms with van der Waals surface area (Å²) in [6.07, 6.45) is 3.60. The SMILES string of the molecule is Cc1cc(=O)[nH]c(NCCNC(=O)c2cccc(Cn3cccn3)c2)n1. The van der Waals surface area contributed by atoms with Gasteiger partial charge in [0.15, 0.2) is 0 Å². The molecule has 0 aliphatic heterocycles. The molecule has 1 aromatic carbocycles. The predicted molar refractivity (Wildman–Crippen MR) is 98.2 cm³/mol. The van der Waals surface area contributed by atoms with E-state index in [0.29, 0.717) is 36.8 Å². The van der Waals surface area contributed by atoms with E-state index in [-0.39, 0.29) is 11.5 Å². The van der Waals surface area contributed by atoms with E-state index >= 15 is 0 Å². The summed E-state index contributed by atoms with van der Waals surface area (Å²) in [5.74, 6) is 0.241. The lowest BCUT2D eigenvalue weighted by Crippen LogP contribution is -2.29. The van der Waals surface area contributed by atoms with Crippen molar-refractivity contribution in [2.24, 2.45) is 0 Å². The molecule has 3 N–H and O–H groups in total. The smallest absolute Gasteiger partial charge is 0.252 e. The highest BCUT2D eigenvalue weighted by molar-refractivity contribution is 5.94. The van der Waals surface area contributed by atoms with Gasteiger partial charge in [-0.3, -0.25) is 19.3 Å². The summed E-state index contributed by atoms with van der Waals surface area (Å²) in [7, 11) is 0. The zero-order chi connectivity index (χ0) is 18.4. The number of carbonyl (C=O) groups excluding carboxylic acids is 1. The van der Waals surface area contributed by atoms with E-state index in [1.807, 2.05) is 30.5 Å². The average Bonchev–Trinajstić information content (AvgIpc) is 3.11. The van der Waals surface area contributed by atoms with Crippen LogP contribution in [0.1, 0.15) is 21.6 Å². The Balaban J connectivity index is 1.51. The van der Waals surface area contributed by atoms with Crippen molar-refractivity contribution in [3.8, 4) is 0 Å². The third-order valence-electron chi connectivity index (χ3n) is 3.67. The Kier molecular flexibility index (Phi) is 5.43. The van der Waals surface area contributed by atoms with Gasteiger partial charge in [0.05, 0.1) is 6.54 Å². The van der Waals surface area contributed by atoms with Crippen LogP contribution in [0.15, 0.2) is 53.6 Å². The van der Waals surface area contributed by atoms with Crippen LogP contribution >= 0.6 is 0 Å². The molecule has 0 spiro atoms. The second-order valence-electron chi connectivity index (χ2n) is 5.82. The van der Waals surface area contributed by atoms with Gasteiger partial charge in [0, 0.05) is 42.8 Å². The first-order valence-corrected chi connectivity index (χ1v) is 8.26. The fourth-order valence-corrected chi connectivity index (χ4v) is 2.51. The number of rotatable bonds is 7. The zero-order valence-corrected chi connectivity index (χ0v) is 14.4. The van der Waals surface area contributed by atoms with E-state index in [9.17, 15) is 9.59 Å². The lowest BCUT2D eigenvalue weighted by Gasteiger charge is -2.09. The molecule has 0 unspecified atom stereocenters. The highest BCUT2D eigenvalue weighted by Gasteiger charge is 2.06. The van der Waals surface area contributed by atoms with Gasteiger partial charge in [-0.2, -0.15) is 5.10 Å². The summed E-state index contributed by atoms with van der Waals surface area (Å²) < 4.78 is 1.80. The van der Waals surface area contributed by atoms with Gasteiger partial charge >= 0.3 is 0 Å². The van der Waals surface area contributed by atoms with E-state index in [2.05, 4.69) is 25.7 Å². The van der Waals surface area contributed by atoms with E-state index in [1.54, 1.807) is 23.9 Å². The standard InChI is InChI=1S/C18H20N6O2/c1-13-10-16(25)23-18(22-13)20-8-7-19-17(26)15-5-2-4-14(11-15)12-24-9-3-6-21-24/h2-6,9-11H,7-8,12H2,1H3,(H,19,26)(H2,20,22,23,25). The maximum absolute atomic E-state index is 12.3. The summed E-state index contributed by atoms with van der Waals surface area (Å²) in [6, 6.07) is 10.7. The van der Waals surface area contributed by atoms with Gasteiger partial charge in [0.2, 0.25) is 5.95 Å². The van der Waals surface area contributed by atoms with E-state index in [1.165, 1.54) is 6.07 Å². The van der Waals surface area contributed by atoms with Crippen LogP contribution in [0.25, 0.3) is 0 Å². The first kappa shape index (κ1) is 17.4. The zero-order valence-electron chi connectivity index (χ0n) is 14.4. The lowest BCUT2D eigenvalue weighted by atomic mass is 10.1. The monoisotopic (exact) mass is 352 g/mol. The van der Waals surface area contributed by atoms with Gasteiger partial charge in [0.1, 0.15) is 0 Å². The molecule has 3 aromatic rings. The molecule has 8 heteroatoms. The Labute approximate surface area is 150 Å². The molecule has 8 nitrogen and oxygen atoms in total. The van der Waals surface area contributed by atoms with Crippen LogP contribution in [0, 0.1) is 6.92 Å². The number of aromatic nitrogens is 4. The minimum Gasteiger partial charge on any atom is -0.354 e. The number of anilines is 1. The molecule has 0 fully saturated rings. The highest BCUT2D eigenvalue weighted by atomic mass is 16.1. The van der Waals surface area contributed by atoms with Crippen molar-refractivity contribution < 1.29 is 4.79 Å². The molecular formula is C18H20N6O2. The Hall–Kier alpha value is -3.42. The predicted octanol–water partition coefficient (Wildman–Crippen LogP) is 1.17. The molecule has 1 amide bonds. The first-order valence-electron chi connectivity index (χ1n) is 8.26. The number of nitrogens with one attached hydrogen (secondary N) is 3. The van der Waals surface area contributed by atoms with Gasteiger partial charge in [0.25, 0.3) is 11.5 Å². The van der Waals surface area contributed by atoms with Crippen LogP contribution in [0.3, 0.4) is 0 Å². The number of amides is 1. The summed E-state index contributed by atoms with van der Waals surface area (Å²) in [4.78, 5) is 30.4. The molecule has 0 aliphatic carbocycles. The van der Waals surface area contributed by atoms with Crippen LogP contribution in [0.5, 0.6) is 0 Å². The number of hydrogen-bond acceptors (Lipinski definition) is 5. The summed E-state index contributed by atoms with van der Waals surface area (Å²) in [5.41, 5.74) is 2.02. The van der Waals surface area contributed by atoms with Crippen LogP contribution in [0.2, 0.25) is 0 Å². The fraction of sp³-hybridized carbons (Fsp3) is 0.222. The van der Waals surface area contributed by atoms with Crippen molar-refractivity contribution in [1.82, 2.24) is 25.1 Å². The lowest BCUT2D eigenvalue weighted by molar-refractivity contribution is 0.0955. The van der Waals surface area contributed by atoms with Gasteiger partial charge in [-0.1, -0.05) is 12.1 Å². The molecule has 2 aromatic heterocycles. The number of hydrogen-bond donors (Lipinski definition) is 3. The number of aryl methyl sites for hydroxylation is 1. The normalized spacial score (nSPS) is 10.5. The topological polar surface area (TPSA) is 105 Å². The van der Waals surface area contributed by atoms with Crippen molar-refractivity contribution >= 4 is 11.9 Å². The van der Waals surface area contributed by atoms with Crippen LogP contribution in [-0.2, 0) is 6.54 Å². The third-order valence-corrected chi connectivity index (χ3v) is 3.67. The summed E-state index contributed by atoms with van der Waals surface area (Å²) in [6.45, 7) is 3.21. The fourth-order valence-electron chi connectivity index (χ4n) is 2.51. The maximum Gasteiger partial charge on any atom is 0.252 e. The largest absolute Gasteiger partial charge is 0.354 e. The molecule has 0 atom stereocenters.